The molecule has 5 nitrogen and oxygen atoms in total. The fourth-order valence-corrected chi connectivity index (χ4v) is 7.07. The fraction of sp³-hybridized carbons (Fsp3) is 0.269. The van der Waals surface area contributed by atoms with E-state index in [1.165, 1.54) is 12.1 Å². The molecule has 0 saturated carbocycles. The predicted octanol–water partition coefficient (Wildman–Crippen LogP) is 7.20. The summed E-state index contributed by atoms with van der Waals surface area (Å²) in [7, 11) is -3.22. The summed E-state index contributed by atoms with van der Waals surface area (Å²) >= 11 is 25.0. The van der Waals surface area contributed by atoms with Crippen LogP contribution in [0.15, 0.2) is 54.6 Å². The molecule has 0 spiro atoms. The second kappa shape index (κ2) is 11.2. The molecule has 1 aliphatic heterocycles. The van der Waals surface area contributed by atoms with Crippen LogP contribution in [0, 0.1) is 0 Å². The van der Waals surface area contributed by atoms with Crippen LogP contribution in [-0.4, -0.2) is 43.4 Å². The zero-order chi connectivity index (χ0) is 26.0. The van der Waals surface area contributed by atoms with E-state index in [2.05, 4.69) is 0 Å². The van der Waals surface area contributed by atoms with Crippen molar-refractivity contribution < 1.29 is 17.9 Å². The largest absolute Gasteiger partial charge is 0.491 e. The van der Waals surface area contributed by atoms with Gasteiger partial charge in [-0.3, -0.25) is 4.79 Å². The Morgan fingerprint density at radius 3 is 2.19 bits per heavy atom. The van der Waals surface area contributed by atoms with Crippen molar-refractivity contribution in [2.75, 3.05) is 18.1 Å². The van der Waals surface area contributed by atoms with Gasteiger partial charge in [0.15, 0.2) is 15.6 Å². The summed E-state index contributed by atoms with van der Waals surface area (Å²) < 4.78 is 29.9. The Bertz CT molecular complexity index is 1370. The van der Waals surface area contributed by atoms with E-state index in [9.17, 15) is 13.2 Å². The number of rotatable bonds is 7. The minimum absolute atomic E-state index is 0.0419. The summed E-state index contributed by atoms with van der Waals surface area (Å²) in [6.07, 6.45) is 0.366. The van der Waals surface area contributed by atoms with E-state index < -0.39 is 15.9 Å². The van der Waals surface area contributed by atoms with Crippen molar-refractivity contribution in [3.05, 3.63) is 85.8 Å². The third-order valence-electron chi connectivity index (χ3n) is 5.99. The zero-order valence-electron chi connectivity index (χ0n) is 19.3. The second-order valence-corrected chi connectivity index (χ2v) is 12.4. The first-order chi connectivity index (χ1) is 17.1. The third-order valence-corrected chi connectivity index (χ3v) is 8.85. The Balaban J connectivity index is 1.64. The molecule has 1 amide bonds. The first-order valence-electron chi connectivity index (χ1n) is 11.3. The minimum Gasteiger partial charge on any atom is -0.491 e. The maximum absolute atomic E-state index is 13.6. The van der Waals surface area contributed by atoms with E-state index in [1.807, 2.05) is 30.3 Å². The molecule has 0 bridgehead atoms. The highest BCUT2D eigenvalue weighted by Crippen LogP contribution is 2.35. The van der Waals surface area contributed by atoms with Crippen molar-refractivity contribution in [1.82, 2.24) is 4.90 Å². The molecule has 1 unspecified atom stereocenters. The Morgan fingerprint density at radius 1 is 0.972 bits per heavy atom. The summed E-state index contributed by atoms with van der Waals surface area (Å²) in [6, 6.07) is 15.4. The topological polar surface area (TPSA) is 63.7 Å². The molecule has 10 heteroatoms. The van der Waals surface area contributed by atoms with Crippen molar-refractivity contribution in [3.8, 4) is 16.9 Å². The lowest BCUT2D eigenvalue weighted by atomic mass is 10.0. The highest BCUT2D eigenvalue weighted by molar-refractivity contribution is 7.91. The van der Waals surface area contributed by atoms with E-state index in [0.29, 0.717) is 28.8 Å². The highest BCUT2D eigenvalue weighted by Gasteiger charge is 2.35. The number of sulfone groups is 1. The molecule has 0 aromatic heterocycles. The van der Waals surface area contributed by atoms with Crippen LogP contribution in [0.2, 0.25) is 20.1 Å². The smallest absolute Gasteiger partial charge is 0.254 e. The first-order valence-corrected chi connectivity index (χ1v) is 14.6. The molecular formula is C26H23Cl4NO4S. The van der Waals surface area contributed by atoms with Gasteiger partial charge in [-0.1, -0.05) is 76.7 Å². The normalized spacial score (nSPS) is 16.6. The summed E-state index contributed by atoms with van der Waals surface area (Å²) in [5, 5.41) is 1.52. The summed E-state index contributed by atoms with van der Waals surface area (Å²) in [5.74, 6) is -0.0896. The van der Waals surface area contributed by atoms with E-state index in [-0.39, 0.29) is 39.6 Å². The average Bonchev–Trinajstić information content (AvgIpc) is 3.19. The standard InChI is InChI=1S/C26H23Cl4NO4S/c1-2-35-25-23(29)11-18(12-24(25)30)26(32)31(20-9-10-36(33,34)15-20)14-16-3-5-17(6-4-16)21-8-7-19(27)13-22(21)28/h3-8,11-13,20H,2,9-10,14-15H2,1H3. The lowest BCUT2D eigenvalue weighted by molar-refractivity contribution is 0.0681. The quantitative estimate of drug-likeness (QED) is 0.294. The number of carbonyl (C=O) groups excluding carboxylic acids is 1. The van der Waals surface area contributed by atoms with Gasteiger partial charge in [0.05, 0.1) is 28.2 Å². The van der Waals surface area contributed by atoms with Crippen molar-refractivity contribution in [1.29, 1.82) is 0 Å². The molecule has 36 heavy (non-hydrogen) atoms. The molecule has 4 rings (SSSR count). The van der Waals surface area contributed by atoms with Crippen LogP contribution in [0.25, 0.3) is 11.1 Å². The van der Waals surface area contributed by atoms with Gasteiger partial charge in [-0.25, -0.2) is 8.42 Å². The molecule has 1 atom stereocenters. The maximum atomic E-state index is 13.6. The minimum atomic E-state index is -3.22. The Kier molecular flexibility index (Phi) is 8.42. The van der Waals surface area contributed by atoms with Gasteiger partial charge in [-0.05, 0) is 48.7 Å². The lowest BCUT2D eigenvalue weighted by Gasteiger charge is -2.29. The zero-order valence-corrected chi connectivity index (χ0v) is 23.1. The van der Waals surface area contributed by atoms with E-state index in [0.717, 1.165) is 16.7 Å². The second-order valence-electron chi connectivity index (χ2n) is 8.51. The average molecular weight is 587 g/mol. The number of halogens is 4. The number of amides is 1. The molecule has 3 aromatic carbocycles. The predicted molar refractivity (Wildman–Crippen MR) is 146 cm³/mol. The van der Waals surface area contributed by atoms with Gasteiger partial charge in [0.1, 0.15) is 0 Å². The van der Waals surface area contributed by atoms with Crippen molar-refractivity contribution in [3.63, 3.8) is 0 Å². The van der Waals surface area contributed by atoms with Crippen LogP contribution in [0.4, 0.5) is 0 Å². The number of carbonyl (C=O) groups is 1. The molecule has 0 aliphatic carbocycles. The van der Waals surface area contributed by atoms with Crippen LogP contribution < -0.4 is 4.74 Å². The first kappa shape index (κ1) is 27.1. The van der Waals surface area contributed by atoms with Gasteiger partial charge in [0.25, 0.3) is 5.91 Å². The van der Waals surface area contributed by atoms with Crippen LogP contribution >= 0.6 is 46.4 Å². The monoisotopic (exact) mass is 585 g/mol. The fourth-order valence-electron chi connectivity index (χ4n) is 4.23. The molecule has 0 N–H and O–H groups in total. The Morgan fingerprint density at radius 2 is 1.64 bits per heavy atom. The number of benzene rings is 3. The number of hydrogen-bond acceptors (Lipinski definition) is 4. The molecule has 1 saturated heterocycles. The van der Waals surface area contributed by atoms with Crippen LogP contribution in [0.1, 0.15) is 29.3 Å². The molecule has 1 heterocycles. The Hall–Kier alpha value is -1.96. The van der Waals surface area contributed by atoms with Crippen LogP contribution in [-0.2, 0) is 16.4 Å². The van der Waals surface area contributed by atoms with Gasteiger partial charge >= 0.3 is 0 Å². The lowest BCUT2D eigenvalue weighted by Crippen LogP contribution is -2.40. The van der Waals surface area contributed by atoms with Crippen molar-refractivity contribution in [2.45, 2.75) is 25.9 Å². The number of hydrogen-bond donors (Lipinski definition) is 0. The van der Waals surface area contributed by atoms with Crippen LogP contribution in [0.5, 0.6) is 5.75 Å². The molecule has 1 aliphatic rings. The van der Waals surface area contributed by atoms with E-state index in [4.69, 9.17) is 51.1 Å². The number of nitrogens with zero attached hydrogens (tertiary/aromatic N) is 1. The summed E-state index contributed by atoms with van der Waals surface area (Å²) in [5.41, 5.74) is 2.83. The highest BCUT2D eigenvalue weighted by atomic mass is 35.5. The maximum Gasteiger partial charge on any atom is 0.254 e. The molecule has 3 aromatic rings. The van der Waals surface area contributed by atoms with Gasteiger partial charge < -0.3 is 9.64 Å². The van der Waals surface area contributed by atoms with Crippen LogP contribution in [0.3, 0.4) is 0 Å². The number of ether oxygens (including phenoxy) is 1. The molecule has 1 fully saturated rings. The van der Waals surface area contributed by atoms with Gasteiger partial charge in [0.2, 0.25) is 0 Å². The molecular weight excluding hydrogens is 564 g/mol. The molecule has 0 radical (unpaired) electrons. The SMILES string of the molecule is CCOc1c(Cl)cc(C(=O)N(Cc2ccc(-c3ccc(Cl)cc3Cl)cc2)C2CCS(=O)(=O)C2)cc1Cl. The van der Waals surface area contributed by atoms with Gasteiger partial charge in [0, 0.05) is 33.8 Å². The van der Waals surface area contributed by atoms with Crippen molar-refractivity contribution in [2.24, 2.45) is 0 Å². The van der Waals surface area contributed by atoms with Gasteiger partial charge in [-0.15, -0.1) is 0 Å². The third kappa shape index (κ3) is 6.12. The van der Waals surface area contributed by atoms with Crippen molar-refractivity contribution >= 4 is 62.1 Å². The van der Waals surface area contributed by atoms with E-state index >= 15 is 0 Å². The molecule has 190 valence electrons. The summed E-state index contributed by atoms with van der Waals surface area (Å²) in [6.45, 7) is 2.40. The van der Waals surface area contributed by atoms with E-state index in [1.54, 1.807) is 24.0 Å². The summed E-state index contributed by atoms with van der Waals surface area (Å²) in [4.78, 5) is 15.2. The Labute approximate surface area is 230 Å². The van der Waals surface area contributed by atoms with Gasteiger partial charge in [-0.2, -0.15) is 0 Å².